The second-order valence-corrected chi connectivity index (χ2v) is 4.81. The third-order valence-corrected chi connectivity index (χ3v) is 3.50. The van der Waals surface area contributed by atoms with Crippen molar-refractivity contribution in [3.05, 3.63) is 28.8 Å². The Kier molecular flexibility index (Phi) is 4.02. The molecule has 0 saturated heterocycles. The predicted molar refractivity (Wildman–Crippen MR) is 68.3 cm³/mol. The van der Waals surface area contributed by atoms with Crippen molar-refractivity contribution in [2.75, 3.05) is 13.6 Å². The third kappa shape index (κ3) is 2.79. The summed E-state index contributed by atoms with van der Waals surface area (Å²) in [6.45, 7) is 0.465. The topological polar surface area (TPSA) is 52.5 Å². The van der Waals surface area contributed by atoms with Gasteiger partial charge in [0.15, 0.2) is 0 Å². The first-order valence-electron chi connectivity index (χ1n) is 6.39. The van der Waals surface area contributed by atoms with Crippen LogP contribution in [0.3, 0.4) is 0 Å². The molecule has 0 fully saturated rings. The van der Waals surface area contributed by atoms with Gasteiger partial charge in [0.2, 0.25) is 0 Å². The molecule has 0 aliphatic heterocycles. The highest BCUT2D eigenvalue weighted by atomic mass is 16.3. The van der Waals surface area contributed by atoms with Crippen molar-refractivity contribution in [3.63, 3.8) is 0 Å². The highest BCUT2D eigenvalue weighted by molar-refractivity contribution is 5.43. The minimum absolute atomic E-state index is 0.230. The van der Waals surface area contributed by atoms with Gasteiger partial charge < -0.3 is 15.5 Å². The normalized spacial score (nSPS) is 17.3. The van der Waals surface area contributed by atoms with E-state index in [1.807, 2.05) is 12.1 Å². The van der Waals surface area contributed by atoms with Crippen LogP contribution >= 0.6 is 0 Å². The maximum atomic E-state index is 9.97. The fourth-order valence-corrected chi connectivity index (χ4v) is 2.54. The van der Waals surface area contributed by atoms with E-state index < -0.39 is 6.10 Å². The van der Waals surface area contributed by atoms with Crippen molar-refractivity contribution in [1.82, 2.24) is 5.32 Å². The van der Waals surface area contributed by atoms with Crippen LogP contribution in [0, 0.1) is 0 Å². The molecule has 1 aromatic carbocycles. The monoisotopic (exact) mass is 235 g/mol. The number of aliphatic hydroxyl groups is 1. The van der Waals surface area contributed by atoms with E-state index in [4.69, 9.17) is 0 Å². The minimum Gasteiger partial charge on any atom is -0.508 e. The molecule has 17 heavy (non-hydrogen) atoms. The van der Waals surface area contributed by atoms with Crippen molar-refractivity contribution in [1.29, 1.82) is 0 Å². The summed E-state index contributed by atoms with van der Waals surface area (Å²) in [5.74, 6) is 0.230. The van der Waals surface area contributed by atoms with Crippen LogP contribution in [0.25, 0.3) is 0 Å². The van der Waals surface area contributed by atoms with Gasteiger partial charge in [0.05, 0.1) is 6.10 Å². The second-order valence-electron chi connectivity index (χ2n) is 4.81. The van der Waals surface area contributed by atoms with Crippen molar-refractivity contribution < 1.29 is 10.2 Å². The van der Waals surface area contributed by atoms with Gasteiger partial charge in [-0.1, -0.05) is 6.42 Å². The summed E-state index contributed by atoms with van der Waals surface area (Å²) in [6.07, 6.45) is 5.14. The fourth-order valence-electron chi connectivity index (χ4n) is 2.54. The summed E-state index contributed by atoms with van der Waals surface area (Å²) in [4.78, 5) is 0. The lowest BCUT2D eigenvalue weighted by atomic mass is 9.96. The smallest absolute Gasteiger partial charge is 0.121 e. The molecule has 0 bridgehead atoms. The lowest BCUT2D eigenvalue weighted by Crippen LogP contribution is -2.17. The number of phenols is 1. The first-order valence-corrected chi connectivity index (χ1v) is 6.39. The summed E-state index contributed by atoms with van der Waals surface area (Å²) >= 11 is 0. The zero-order chi connectivity index (χ0) is 12.3. The summed E-state index contributed by atoms with van der Waals surface area (Å²) in [5.41, 5.74) is 3.20. The maximum absolute atomic E-state index is 9.97. The third-order valence-electron chi connectivity index (χ3n) is 3.50. The van der Waals surface area contributed by atoms with Gasteiger partial charge in [-0.05, 0) is 56.0 Å². The Morgan fingerprint density at radius 1 is 1.18 bits per heavy atom. The molecule has 0 saturated carbocycles. The molecule has 3 N–H and O–H groups in total. The van der Waals surface area contributed by atoms with E-state index in [0.29, 0.717) is 12.1 Å². The van der Waals surface area contributed by atoms with Crippen LogP contribution in [0.4, 0.5) is 0 Å². The number of aliphatic hydroxyl groups excluding tert-OH is 1. The maximum Gasteiger partial charge on any atom is 0.121 e. The summed E-state index contributed by atoms with van der Waals surface area (Å²) in [6, 6.07) is 3.83. The van der Waals surface area contributed by atoms with Gasteiger partial charge >= 0.3 is 0 Å². The van der Waals surface area contributed by atoms with E-state index >= 15 is 0 Å². The van der Waals surface area contributed by atoms with Crippen LogP contribution in [0.15, 0.2) is 12.1 Å². The molecule has 0 heterocycles. The zero-order valence-electron chi connectivity index (χ0n) is 10.4. The van der Waals surface area contributed by atoms with Crippen LogP contribution < -0.4 is 5.32 Å². The molecule has 3 nitrogen and oxygen atoms in total. The standard InChI is InChI=1S/C14H21NO2/c1-15-9-14(17)12-7-10-5-3-2-4-6-11(10)8-13(12)16/h7-8,14-17H,2-6,9H2,1H3. The lowest BCUT2D eigenvalue weighted by molar-refractivity contribution is 0.174. The lowest BCUT2D eigenvalue weighted by Gasteiger charge is -2.15. The molecule has 0 radical (unpaired) electrons. The van der Waals surface area contributed by atoms with E-state index in [-0.39, 0.29) is 5.75 Å². The quantitative estimate of drug-likeness (QED) is 0.702. The van der Waals surface area contributed by atoms with Gasteiger partial charge in [0.1, 0.15) is 5.75 Å². The van der Waals surface area contributed by atoms with Gasteiger partial charge in [-0.15, -0.1) is 0 Å². The Balaban J connectivity index is 2.31. The summed E-state index contributed by atoms with van der Waals surface area (Å²) in [7, 11) is 1.80. The number of nitrogens with one attached hydrogen (secondary N) is 1. The van der Waals surface area contributed by atoms with Crippen molar-refractivity contribution in [2.24, 2.45) is 0 Å². The summed E-state index contributed by atoms with van der Waals surface area (Å²) < 4.78 is 0. The second kappa shape index (κ2) is 5.52. The van der Waals surface area contributed by atoms with E-state index in [1.54, 1.807) is 7.05 Å². The van der Waals surface area contributed by atoms with Crippen LogP contribution in [0.1, 0.15) is 42.1 Å². The van der Waals surface area contributed by atoms with Gasteiger partial charge in [-0.3, -0.25) is 0 Å². The largest absolute Gasteiger partial charge is 0.508 e. The Hall–Kier alpha value is -1.06. The Labute approximate surface area is 102 Å². The molecule has 1 unspecified atom stereocenters. The van der Waals surface area contributed by atoms with Crippen molar-refractivity contribution >= 4 is 0 Å². The molecule has 2 rings (SSSR count). The first kappa shape index (κ1) is 12.4. The number of hydrogen-bond acceptors (Lipinski definition) is 3. The average molecular weight is 235 g/mol. The molecule has 1 atom stereocenters. The van der Waals surface area contributed by atoms with Gasteiger partial charge in [-0.25, -0.2) is 0 Å². The van der Waals surface area contributed by atoms with E-state index in [0.717, 1.165) is 12.8 Å². The highest BCUT2D eigenvalue weighted by Gasteiger charge is 2.16. The molecule has 0 spiro atoms. The van der Waals surface area contributed by atoms with Gasteiger partial charge in [-0.2, -0.15) is 0 Å². The van der Waals surface area contributed by atoms with Gasteiger partial charge in [0, 0.05) is 12.1 Å². The molecule has 0 amide bonds. The number of aromatic hydroxyl groups is 1. The number of aryl methyl sites for hydroxylation is 2. The van der Waals surface area contributed by atoms with E-state index in [1.165, 1.54) is 30.4 Å². The molecule has 3 heteroatoms. The fraction of sp³-hybridized carbons (Fsp3) is 0.571. The number of rotatable bonds is 3. The summed E-state index contributed by atoms with van der Waals surface area (Å²) in [5, 5.41) is 22.8. The van der Waals surface area contributed by atoms with Gasteiger partial charge in [0.25, 0.3) is 0 Å². The Morgan fingerprint density at radius 3 is 2.47 bits per heavy atom. The molecular weight excluding hydrogens is 214 g/mol. The Bertz CT molecular complexity index is 390. The van der Waals surface area contributed by atoms with Crippen molar-refractivity contribution in [3.8, 4) is 5.75 Å². The number of phenolic OH excluding ortho intramolecular Hbond substituents is 1. The van der Waals surface area contributed by atoms with E-state index in [2.05, 4.69) is 5.32 Å². The Morgan fingerprint density at radius 2 is 1.82 bits per heavy atom. The van der Waals surface area contributed by atoms with E-state index in [9.17, 15) is 10.2 Å². The highest BCUT2D eigenvalue weighted by Crippen LogP contribution is 2.31. The first-order chi connectivity index (χ1) is 8.22. The number of fused-ring (bicyclic) bond motifs is 1. The van der Waals surface area contributed by atoms with Crippen LogP contribution in [-0.4, -0.2) is 23.8 Å². The van der Waals surface area contributed by atoms with Crippen LogP contribution in [0.2, 0.25) is 0 Å². The zero-order valence-corrected chi connectivity index (χ0v) is 10.4. The number of hydrogen-bond donors (Lipinski definition) is 3. The minimum atomic E-state index is -0.631. The molecule has 94 valence electrons. The molecular formula is C14H21NO2. The SMILES string of the molecule is CNCC(O)c1cc2c(cc1O)CCCCC2. The molecule has 1 aromatic rings. The van der Waals surface area contributed by atoms with Crippen molar-refractivity contribution in [2.45, 2.75) is 38.2 Å². The molecule has 1 aliphatic rings. The molecule has 1 aliphatic carbocycles. The van der Waals surface area contributed by atoms with Crippen LogP contribution in [-0.2, 0) is 12.8 Å². The average Bonchev–Trinajstić information content (AvgIpc) is 2.52. The number of likely N-dealkylation sites (N-methyl/N-ethyl adjacent to an activating group) is 1. The number of benzene rings is 1. The van der Waals surface area contributed by atoms with Crippen LogP contribution in [0.5, 0.6) is 5.75 Å². The molecule has 0 aromatic heterocycles. The predicted octanol–water partition coefficient (Wildman–Crippen LogP) is 1.91.